The lowest BCUT2D eigenvalue weighted by atomic mass is 10.2. The topological polar surface area (TPSA) is 63.9 Å². The molecule has 0 saturated carbocycles. The highest BCUT2D eigenvalue weighted by Gasteiger charge is 2.16. The molecule has 0 aliphatic carbocycles. The third kappa shape index (κ3) is 5.16. The fourth-order valence-corrected chi connectivity index (χ4v) is 4.01. The Kier molecular flexibility index (Phi) is 6.91. The summed E-state index contributed by atoms with van der Waals surface area (Å²) in [6.07, 6.45) is 0. The minimum absolute atomic E-state index is 0.0101. The highest BCUT2D eigenvalue weighted by Crippen LogP contribution is 2.24. The van der Waals surface area contributed by atoms with Crippen molar-refractivity contribution in [2.75, 3.05) is 10.6 Å². The highest BCUT2D eigenvalue weighted by molar-refractivity contribution is 7.71. The molecule has 1 aromatic heterocycles. The summed E-state index contributed by atoms with van der Waals surface area (Å²) in [5.74, 6) is 0.498. The number of carbonyl (C=O) groups is 1. The normalized spacial score (nSPS) is 10.8. The Balaban J connectivity index is 1.62. The van der Waals surface area contributed by atoms with Crippen molar-refractivity contribution in [3.63, 3.8) is 0 Å². The van der Waals surface area contributed by atoms with Crippen LogP contribution in [0.25, 0.3) is 5.69 Å². The van der Waals surface area contributed by atoms with Gasteiger partial charge < -0.3 is 10.6 Å². The first kappa shape index (κ1) is 22.8. The van der Waals surface area contributed by atoms with Gasteiger partial charge in [0.1, 0.15) is 6.54 Å². The number of nitrogens with zero attached hydrogens (tertiary/aromatic N) is 3. The summed E-state index contributed by atoms with van der Waals surface area (Å²) in [4.78, 5) is 12.7. The van der Waals surface area contributed by atoms with Gasteiger partial charge in [-0.2, -0.15) is 5.10 Å². The van der Waals surface area contributed by atoms with Crippen LogP contribution in [-0.2, 0) is 17.9 Å². The first-order valence-electron chi connectivity index (χ1n) is 10.5. The Labute approximate surface area is 202 Å². The number of rotatable bonds is 7. The molecule has 0 fully saturated rings. The van der Waals surface area contributed by atoms with Gasteiger partial charge in [-0.3, -0.25) is 9.36 Å². The molecule has 1 heterocycles. The average Bonchev–Trinajstić information content (AvgIpc) is 3.11. The first-order chi connectivity index (χ1) is 15.9. The largest absolute Gasteiger partial charge is 0.377 e. The SMILES string of the molecule is Cc1ccccc1NC(=O)Cn1nc(CNc2cccc(Cl)c2C)n(-c2ccccc2)c1=S. The van der Waals surface area contributed by atoms with Crippen LogP contribution in [0.5, 0.6) is 0 Å². The van der Waals surface area contributed by atoms with E-state index in [4.69, 9.17) is 23.8 Å². The highest BCUT2D eigenvalue weighted by atomic mass is 35.5. The summed E-state index contributed by atoms with van der Waals surface area (Å²) in [7, 11) is 0. The van der Waals surface area contributed by atoms with Crippen LogP contribution in [0.2, 0.25) is 5.02 Å². The van der Waals surface area contributed by atoms with E-state index in [1.165, 1.54) is 0 Å². The first-order valence-corrected chi connectivity index (χ1v) is 11.3. The monoisotopic (exact) mass is 477 g/mol. The molecule has 2 N–H and O–H groups in total. The number of aryl methyl sites for hydroxylation is 1. The third-order valence-corrected chi connectivity index (χ3v) is 6.14. The van der Waals surface area contributed by atoms with E-state index < -0.39 is 0 Å². The number of benzene rings is 3. The number of para-hydroxylation sites is 2. The van der Waals surface area contributed by atoms with E-state index in [0.29, 0.717) is 22.2 Å². The summed E-state index contributed by atoms with van der Waals surface area (Å²) in [6.45, 7) is 4.33. The summed E-state index contributed by atoms with van der Waals surface area (Å²) >= 11 is 12.0. The number of anilines is 2. The van der Waals surface area contributed by atoms with Gasteiger partial charge in [0.25, 0.3) is 0 Å². The molecule has 3 aromatic carbocycles. The van der Waals surface area contributed by atoms with E-state index in [0.717, 1.165) is 28.2 Å². The van der Waals surface area contributed by atoms with Gasteiger partial charge in [0, 0.05) is 22.1 Å². The Bertz CT molecular complexity index is 1350. The molecule has 4 aromatic rings. The smallest absolute Gasteiger partial charge is 0.246 e. The Morgan fingerprint density at radius 3 is 2.42 bits per heavy atom. The zero-order valence-electron chi connectivity index (χ0n) is 18.4. The second-order valence-electron chi connectivity index (χ2n) is 7.66. The quantitative estimate of drug-likeness (QED) is 0.324. The Hall–Kier alpha value is -3.42. The van der Waals surface area contributed by atoms with Crippen LogP contribution < -0.4 is 10.6 Å². The minimum Gasteiger partial charge on any atom is -0.377 e. The molecule has 0 aliphatic heterocycles. The molecule has 4 rings (SSSR count). The van der Waals surface area contributed by atoms with E-state index in [-0.39, 0.29) is 12.5 Å². The zero-order valence-corrected chi connectivity index (χ0v) is 20.0. The van der Waals surface area contributed by atoms with Crippen molar-refractivity contribution in [2.45, 2.75) is 26.9 Å². The molecule has 0 aliphatic rings. The number of carbonyl (C=O) groups excluding carboxylic acids is 1. The van der Waals surface area contributed by atoms with Crippen LogP contribution in [0.4, 0.5) is 11.4 Å². The molecule has 0 unspecified atom stereocenters. The third-order valence-electron chi connectivity index (χ3n) is 5.34. The van der Waals surface area contributed by atoms with Crippen LogP contribution in [0.1, 0.15) is 17.0 Å². The predicted molar refractivity (Wildman–Crippen MR) is 136 cm³/mol. The average molecular weight is 478 g/mol. The van der Waals surface area contributed by atoms with Gasteiger partial charge in [0.15, 0.2) is 5.82 Å². The number of hydrogen-bond acceptors (Lipinski definition) is 4. The van der Waals surface area contributed by atoms with Crippen molar-refractivity contribution in [1.29, 1.82) is 0 Å². The van der Waals surface area contributed by atoms with Crippen LogP contribution in [0.3, 0.4) is 0 Å². The van der Waals surface area contributed by atoms with Gasteiger partial charge in [-0.25, -0.2) is 4.68 Å². The van der Waals surface area contributed by atoms with Gasteiger partial charge >= 0.3 is 0 Å². The van der Waals surface area contributed by atoms with Gasteiger partial charge in [-0.1, -0.05) is 54.1 Å². The van der Waals surface area contributed by atoms with E-state index in [9.17, 15) is 4.79 Å². The second kappa shape index (κ2) is 10.0. The molecule has 0 radical (unpaired) electrons. The minimum atomic E-state index is -0.191. The molecular formula is C25H24ClN5OS. The summed E-state index contributed by atoms with van der Waals surface area (Å²) in [6, 6.07) is 23.1. The molecule has 0 bridgehead atoms. The molecule has 0 spiro atoms. The number of aromatic nitrogens is 3. The second-order valence-corrected chi connectivity index (χ2v) is 8.43. The van der Waals surface area contributed by atoms with Crippen LogP contribution in [0.15, 0.2) is 72.8 Å². The predicted octanol–water partition coefficient (Wildman–Crippen LogP) is 5.92. The Morgan fingerprint density at radius 1 is 0.970 bits per heavy atom. The Morgan fingerprint density at radius 2 is 1.67 bits per heavy atom. The van der Waals surface area contributed by atoms with Crippen molar-refractivity contribution in [3.05, 3.63) is 99.5 Å². The molecule has 33 heavy (non-hydrogen) atoms. The van der Waals surface area contributed by atoms with Gasteiger partial charge in [0.2, 0.25) is 10.7 Å². The summed E-state index contributed by atoms with van der Waals surface area (Å²) in [5.41, 5.74) is 4.52. The van der Waals surface area contributed by atoms with Crippen LogP contribution >= 0.6 is 23.8 Å². The van der Waals surface area contributed by atoms with Crippen molar-refractivity contribution in [3.8, 4) is 5.69 Å². The fraction of sp³-hybridized carbons (Fsp3) is 0.160. The van der Waals surface area contributed by atoms with Crippen molar-refractivity contribution in [1.82, 2.24) is 14.3 Å². The van der Waals surface area contributed by atoms with Crippen LogP contribution in [0, 0.1) is 18.6 Å². The summed E-state index contributed by atoms with van der Waals surface area (Å²) < 4.78 is 3.88. The standard InChI is InChI=1S/C25H24ClN5OS/c1-17-9-6-7-13-21(17)28-24(32)16-30-25(33)31(19-10-4-3-5-11-19)23(29-30)15-27-22-14-8-12-20(26)18(22)2/h3-14,27H,15-16H2,1-2H3,(H,28,32). The fourth-order valence-electron chi connectivity index (χ4n) is 3.52. The molecule has 0 atom stereocenters. The lowest BCUT2D eigenvalue weighted by molar-refractivity contribution is -0.116. The molecule has 8 heteroatoms. The van der Waals surface area contributed by atoms with E-state index in [1.54, 1.807) is 4.68 Å². The number of nitrogens with one attached hydrogen (secondary N) is 2. The maximum Gasteiger partial charge on any atom is 0.246 e. The van der Waals surface area contributed by atoms with Crippen molar-refractivity contribution in [2.24, 2.45) is 0 Å². The van der Waals surface area contributed by atoms with Gasteiger partial charge in [-0.15, -0.1) is 0 Å². The van der Waals surface area contributed by atoms with E-state index in [1.807, 2.05) is 91.2 Å². The maximum absolute atomic E-state index is 12.7. The van der Waals surface area contributed by atoms with E-state index >= 15 is 0 Å². The van der Waals surface area contributed by atoms with E-state index in [2.05, 4.69) is 15.7 Å². The molecule has 0 saturated heterocycles. The molecule has 6 nitrogen and oxygen atoms in total. The lowest BCUT2D eigenvalue weighted by Crippen LogP contribution is -2.20. The number of halogens is 1. The zero-order chi connectivity index (χ0) is 23.4. The molecule has 1 amide bonds. The number of amides is 1. The van der Waals surface area contributed by atoms with Crippen molar-refractivity contribution < 1.29 is 4.79 Å². The maximum atomic E-state index is 12.7. The molecular weight excluding hydrogens is 454 g/mol. The van der Waals surface area contributed by atoms with Crippen LogP contribution in [-0.4, -0.2) is 20.3 Å². The van der Waals surface area contributed by atoms with Gasteiger partial charge in [-0.05, 0) is 67.5 Å². The lowest BCUT2D eigenvalue weighted by Gasteiger charge is -2.11. The van der Waals surface area contributed by atoms with Gasteiger partial charge in [0.05, 0.1) is 6.54 Å². The number of hydrogen-bond donors (Lipinski definition) is 2. The van der Waals surface area contributed by atoms with Crippen molar-refractivity contribution >= 4 is 41.1 Å². The summed E-state index contributed by atoms with van der Waals surface area (Å²) in [5, 5.41) is 11.7. The molecule has 168 valence electrons.